The van der Waals surface area contributed by atoms with E-state index in [1.54, 1.807) is 6.92 Å². The normalized spacial score (nSPS) is 36.9. The van der Waals surface area contributed by atoms with Crippen molar-refractivity contribution in [2.24, 2.45) is 0 Å². The molecule has 1 aliphatic heterocycles. The van der Waals surface area contributed by atoms with Crippen molar-refractivity contribution in [3.05, 3.63) is 0 Å². The second-order valence-electron chi connectivity index (χ2n) is 2.64. The largest absolute Gasteiger partial charge is 0.390 e. The fraction of sp³-hybridized carbons (Fsp3) is 0.833. The van der Waals surface area contributed by atoms with E-state index in [2.05, 4.69) is 0 Å². The summed E-state index contributed by atoms with van der Waals surface area (Å²) in [6.07, 6.45) is 1.06. The zero-order valence-corrected chi connectivity index (χ0v) is 6.20. The van der Waals surface area contributed by atoms with Crippen LogP contribution in [0.2, 0.25) is 0 Å². The Bertz CT molecular complexity index is 131. The van der Waals surface area contributed by atoms with Gasteiger partial charge in [0.2, 0.25) is 0 Å². The monoisotopic (exact) mass is 146 g/mol. The lowest BCUT2D eigenvalue weighted by atomic mass is 10.00. The van der Waals surface area contributed by atoms with Gasteiger partial charge in [0.05, 0.1) is 5.60 Å². The molecule has 9 heavy (non-hydrogen) atoms. The van der Waals surface area contributed by atoms with Gasteiger partial charge in [-0.15, -0.1) is 0 Å². The smallest absolute Gasteiger partial charge is 0.191 e. The molecule has 1 atom stereocenters. The number of aliphatic hydroxyl groups is 1. The van der Waals surface area contributed by atoms with Crippen molar-refractivity contribution < 1.29 is 9.90 Å². The topological polar surface area (TPSA) is 37.3 Å². The third-order valence-electron chi connectivity index (χ3n) is 1.43. The summed E-state index contributed by atoms with van der Waals surface area (Å²) in [6, 6.07) is 0. The van der Waals surface area contributed by atoms with Crippen LogP contribution < -0.4 is 0 Å². The Morgan fingerprint density at radius 1 is 1.78 bits per heavy atom. The number of carbonyl (C=O) groups excluding carboxylic acids is 1. The predicted molar refractivity (Wildman–Crippen MR) is 37.3 cm³/mol. The molecule has 0 amide bonds. The maximum absolute atomic E-state index is 10.7. The molecule has 1 rings (SSSR count). The van der Waals surface area contributed by atoms with Crippen LogP contribution in [0.3, 0.4) is 0 Å². The minimum Gasteiger partial charge on any atom is -0.390 e. The van der Waals surface area contributed by atoms with E-state index in [0.717, 1.165) is 12.2 Å². The van der Waals surface area contributed by atoms with E-state index < -0.39 is 5.60 Å². The Labute approximate surface area is 58.6 Å². The van der Waals surface area contributed by atoms with Crippen LogP contribution in [0.25, 0.3) is 0 Å². The van der Waals surface area contributed by atoms with Crippen molar-refractivity contribution in [3.63, 3.8) is 0 Å². The molecule has 0 aromatic carbocycles. The molecule has 0 aromatic rings. The highest BCUT2D eigenvalue weighted by atomic mass is 32.2. The molecular formula is C6H10O2S. The summed E-state index contributed by atoms with van der Waals surface area (Å²) >= 11 is 1.32. The zero-order chi connectivity index (χ0) is 6.91. The van der Waals surface area contributed by atoms with Gasteiger partial charge in [0, 0.05) is 12.2 Å². The standard InChI is InChI=1S/C6H10O2S/c1-6(8)2-3-9-5(7)4-6/h8H,2-4H2,1H3. The molecule has 1 fully saturated rings. The van der Waals surface area contributed by atoms with Gasteiger partial charge in [-0.1, -0.05) is 11.8 Å². The van der Waals surface area contributed by atoms with Gasteiger partial charge in [0.15, 0.2) is 5.12 Å². The van der Waals surface area contributed by atoms with E-state index in [9.17, 15) is 9.90 Å². The third kappa shape index (κ3) is 1.99. The minimum atomic E-state index is -0.720. The number of hydrogen-bond acceptors (Lipinski definition) is 3. The number of thioether (sulfide) groups is 1. The molecule has 52 valence electrons. The second-order valence-corrected chi connectivity index (χ2v) is 3.80. The highest BCUT2D eigenvalue weighted by molar-refractivity contribution is 8.13. The first-order valence-corrected chi connectivity index (χ1v) is 3.97. The van der Waals surface area contributed by atoms with Crippen LogP contribution in [0.1, 0.15) is 19.8 Å². The van der Waals surface area contributed by atoms with Crippen molar-refractivity contribution >= 4 is 16.9 Å². The van der Waals surface area contributed by atoms with E-state index >= 15 is 0 Å². The van der Waals surface area contributed by atoms with Crippen LogP contribution >= 0.6 is 11.8 Å². The Kier molecular flexibility index (Phi) is 1.82. The predicted octanol–water partition coefficient (Wildman–Crippen LogP) is 0.791. The first-order chi connectivity index (χ1) is 4.10. The molecule has 1 unspecified atom stereocenters. The van der Waals surface area contributed by atoms with Crippen molar-refractivity contribution in [1.29, 1.82) is 0 Å². The average molecular weight is 146 g/mol. The van der Waals surface area contributed by atoms with Crippen LogP contribution in [0.15, 0.2) is 0 Å². The lowest BCUT2D eigenvalue weighted by Gasteiger charge is -2.25. The Morgan fingerprint density at radius 3 is 2.78 bits per heavy atom. The molecule has 0 spiro atoms. The van der Waals surface area contributed by atoms with E-state index in [4.69, 9.17) is 0 Å². The molecule has 2 nitrogen and oxygen atoms in total. The highest BCUT2D eigenvalue weighted by Crippen LogP contribution is 2.26. The van der Waals surface area contributed by atoms with Crippen LogP contribution in [0, 0.1) is 0 Å². The molecule has 1 N–H and O–H groups in total. The zero-order valence-electron chi connectivity index (χ0n) is 5.39. The lowest BCUT2D eigenvalue weighted by molar-refractivity contribution is -0.115. The maximum Gasteiger partial charge on any atom is 0.191 e. The second kappa shape index (κ2) is 2.31. The maximum atomic E-state index is 10.7. The van der Waals surface area contributed by atoms with Crippen molar-refractivity contribution in [3.8, 4) is 0 Å². The number of carbonyl (C=O) groups is 1. The summed E-state index contributed by atoms with van der Waals surface area (Å²) in [7, 11) is 0. The van der Waals surface area contributed by atoms with E-state index in [1.165, 1.54) is 11.8 Å². The van der Waals surface area contributed by atoms with E-state index in [1.807, 2.05) is 0 Å². The number of hydrogen-bond donors (Lipinski definition) is 1. The van der Waals surface area contributed by atoms with Crippen molar-refractivity contribution in [2.75, 3.05) is 5.75 Å². The summed E-state index contributed by atoms with van der Waals surface area (Å²) in [5, 5.41) is 9.43. The number of rotatable bonds is 0. The molecule has 1 heterocycles. The van der Waals surface area contributed by atoms with Crippen LogP contribution in [-0.2, 0) is 4.79 Å². The Balaban J connectivity index is 2.51. The van der Waals surface area contributed by atoms with Crippen LogP contribution in [0.4, 0.5) is 0 Å². The molecule has 0 bridgehead atoms. The van der Waals surface area contributed by atoms with Gasteiger partial charge < -0.3 is 5.11 Å². The Hall–Kier alpha value is -0.0200. The molecule has 1 aliphatic rings. The van der Waals surface area contributed by atoms with E-state index in [-0.39, 0.29) is 5.12 Å². The first kappa shape index (κ1) is 7.09. The summed E-state index contributed by atoms with van der Waals surface area (Å²) in [6.45, 7) is 1.71. The fourth-order valence-electron chi connectivity index (χ4n) is 0.835. The molecular weight excluding hydrogens is 136 g/mol. The fourth-order valence-corrected chi connectivity index (χ4v) is 2.02. The van der Waals surface area contributed by atoms with Gasteiger partial charge in [-0.05, 0) is 13.3 Å². The lowest BCUT2D eigenvalue weighted by Crippen LogP contribution is -2.31. The summed E-state index contributed by atoms with van der Waals surface area (Å²) < 4.78 is 0. The molecule has 0 saturated carbocycles. The minimum absolute atomic E-state index is 0.117. The van der Waals surface area contributed by atoms with Gasteiger partial charge in [-0.3, -0.25) is 4.79 Å². The van der Waals surface area contributed by atoms with Gasteiger partial charge in [0.1, 0.15) is 0 Å². The SMILES string of the molecule is CC1(O)CCSC(=O)C1. The summed E-state index contributed by atoms with van der Waals surface area (Å²) in [5.74, 6) is 0.770. The van der Waals surface area contributed by atoms with Gasteiger partial charge >= 0.3 is 0 Å². The Morgan fingerprint density at radius 2 is 2.44 bits per heavy atom. The van der Waals surface area contributed by atoms with Gasteiger partial charge in [0.25, 0.3) is 0 Å². The van der Waals surface area contributed by atoms with Gasteiger partial charge in [-0.2, -0.15) is 0 Å². The van der Waals surface area contributed by atoms with Gasteiger partial charge in [-0.25, -0.2) is 0 Å². The quantitative estimate of drug-likeness (QED) is 0.549. The summed E-state index contributed by atoms with van der Waals surface area (Å²) in [4.78, 5) is 10.7. The molecule has 3 heteroatoms. The third-order valence-corrected chi connectivity index (χ3v) is 2.30. The van der Waals surface area contributed by atoms with Crippen molar-refractivity contribution in [2.45, 2.75) is 25.4 Å². The molecule has 0 aliphatic carbocycles. The highest BCUT2D eigenvalue weighted by Gasteiger charge is 2.28. The van der Waals surface area contributed by atoms with Crippen LogP contribution in [0.5, 0.6) is 0 Å². The average Bonchev–Trinajstić information content (AvgIpc) is 1.60. The molecule has 1 saturated heterocycles. The summed E-state index contributed by atoms with van der Waals surface area (Å²) in [5.41, 5.74) is -0.720. The van der Waals surface area contributed by atoms with Crippen molar-refractivity contribution in [1.82, 2.24) is 0 Å². The van der Waals surface area contributed by atoms with E-state index in [0.29, 0.717) is 6.42 Å². The molecule has 0 aromatic heterocycles. The van der Waals surface area contributed by atoms with Crippen LogP contribution in [-0.4, -0.2) is 21.6 Å². The molecule has 0 radical (unpaired) electrons. The first-order valence-electron chi connectivity index (χ1n) is 2.98.